The van der Waals surface area contributed by atoms with Gasteiger partial charge in [0.1, 0.15) is 11.2 Å². The Balaban J connectivity index is 1.15. The summed E-state index contributed by atoms with van der Waals surface area (Å²) in [4.78, 5) is 2.44. The molecule has 10 aromatic carbocycles. The second kappa shape index (κ2) is 14.1. The van der Waals surface area contributed by atoms with Crippen LogP contribution in [0.3, 0.4) is 0 Å². The fraction of sp³-hybridized carbons (Fsp3) is 0. The fourth-order valence-electron chi connectivity index (χ4n) is 8.74. The van der Waals surface area contributed by atoms with E-state index in [9.17, 15) is 0 Å². The summed E-state index contributed by atoms with van der Waals surface area (Å²) >= 11 is 0. The van der Waals surface area contributed by atoms with Crippen molar-refractivity contribution in [3.8, 4) is 44.5 Å². The summed E-state index contributed by atoms with van der Waals surface area (Å²) in [5.41, 5.74) is 14.5. The van der Waals surface area contributed by atoms with Crippen molar-refractivity contribution in [2.45, 2.75) is 0 Å². The topological polar surface area (TPSA) is 16.4 Å². The van der Waals surface area contributed by atoms with Crippen LogP contribution < -0.4 is 4.90 Å². The highest BCUT2D eigenvalue weighted by Crippen LogP contribution is 2.46. The van der Waals surface area contributed by atoms with E-state index in [-0.39, 0.29) is 0 Å². The van der Waals surface area contributed by atoms with Gasteiger partial charge in [-0.25, -0.2) is 0 Å². The second-order valence-corrected chi connectivity index (χ2v) is 14.9. The molecule has 1 heterocycles. The Labute approximate surface area is 337 Å². The van der Waals surface area contributed by atoms with Gasteiger partial charge in [-0.2, -0.15) is 0 Å². The molecule has 11 aromatic rings. The van der Waals surface area contributed by atoms with Crippen molar-refractivity contribution < 1.29 is 4.42 Å². The van der Waals surface area contributed by atoms with E-state index in [4.69, 9.17) is 4.42 Å². The zero-order valence-electron chi connectivity index (χ0n) is 31.7. The first kappa shape index (κ1) is 33.6. The molecule has 272 valence electrons. The van der Waals surface area contributed by atoms with E-state index >= 15 is 0 Å². The minimum absolute atomic E-state index is 0.913. The van der Waals surface area contributed by atoms with Gasteiger partial charge in [0.2, 0.25) is 0 Å². The number of benzene rings is 10. The monoisotopic (exact) mass is 739 g/mol. The molecular weight excluding hydrogens is 703 g/mol. The zero-order valence-corrected chi connectivity index (χ0v) is 31.7. The first-order chi connectivity index (χ1) is 28.8. The van der Waals surface area contributed by atoms with Crippen molar-refractivity contribution in [2.75, 3.05) is 4.90 Å². The molecule has 0 aliphatic heterocycles. The van der Waals surface area contributed by atoms with Crippen molar-refractivity contribution in [3.05, 3.63) is 224 Å². The Kier molecular flexibility index (Phi) is 8.19. The van der Waals surface area contributed by atoms with Gasteiger partial charge in [-0.1, -0.05) is 176 Å². The number of rotatable bonds is 7. The van der Waals surface area contributed by atoms with Crippen LogP contribution in [0.1, 0.15) is 0 Å². The maximum Gasteiger partial charge on any atom is 0.136 e. The number of furan rings is 1. The molecule has 0 N–H and O–H groups in total. The minimum Gasteiger partial charge on any atom is -0.456 e. The number of nitrogens with zero attached hydrogens (tertiary/aromatic N) is 1. The number of para-hydroxylation sites is 2. The summed E-state index contributed by atoms with van der Waals surface area (Å²) in [5, 5.41) is 7.10. The van der Waals surface area contributed by atoms with Crippen molar-refractivity contribution in [3.63, 3.8) is 0 Å². The van der Waals surface area contributed by atoms with Gasteiger partial charge in [0.05, 0.1) is 5.69 Å². The normalized spacial score (nSPS) is 11.4. The van der Waals surface area contributed by atoms with E-state index in [0.29, 0.717) is 0 Å². The lowest BCUT2D eigenvalue weighted by Gasteiger charge is -2.30. The number of fused-ring (bicyclic) bond motifs is 6. The first-order valence-corrected chi connectivity index (χ1v) is 19.8. The molecule has 0 bridgehead atoms. The smallest absolute Gasteiger partial charge is 0.136 e. The molecule has 2 heteroatoms. The Morgan fingerprint density at radius 3 is 1.67 bits per heavy atom. The van der Waals surface area contributed by atoms with E-state index in [1.165, 1.54) is 54.9 Å². The van der Waals surface area contributed by atoms with Gasteiger partial charge in [0.15, 0.2) is 0 Å². The Morgan fingerprint density at radius 1 is 0.293 bits per heavy atom. The standard InChI is InChI=1S/C56H37NO/c1-4-16-38(17-5-1)48-24-12-14-26-53(48)57(45-35-41-22-10-11-23-46(41)52(37-45)40-20-8-3-9-21-40)44-30-32-47(51(36-44)39-18-6-2-7-19-39)42-28-31-49-43(34-42)29-33-55-56(49)50-25-13-15-27-54(50)58-55/h1-37H. The van der Waals surface area contributed by atoms with Crippen LogP contribution in [0.2, 0.25) is 0 Å². The van der Waals surface area contributed by atoms with Gasteiger partial charge >= 0.3 is 0 Å². The van der Waals surface area contributed by atoms with Crippen molar-refractivity contribution in [1.82, 2.24) is 0 Å². The van der Waals surface area contributed by atoms with E-state index in [1.807, 2.05) is 12.1 Å². The molecule has 0 saturated carbocycles. The molecule has 58 heavy (non-hydrogen) atoms. The van der Waals surface area contributed by atoms with Crippen LogP contribution in [-0.2, 0) is 0 Å². The Hall–Kier alpha value is -7.68. The average molecular weight is 740 g/mol. The van der Waals surface area contributed by atoms with Gasteiger partial charge in [0, 0.05) is 27.7 Å². The Bertz CT molecular complexity index is 3270. The lowest BCUT2D eigenvalue weighted by Crippen LogP contribution is -2.12. The molecule has 0 radical (unpaired) electrons. The lowest BCUT2D eigenvalue weighted by molar-refractivity contribution is 0.669. The molecule has 2 nitrogen and oxygen atoms in total. The van der Waals surface area contributed by atoms with Gasteiger partial charge in [-0.3, -0.25) is 0 Å². The van der Waals surface area contributed by atoms with E-state index < -0.39 is 0 Å². The SMILES string of the molecule is c1ccc(-c2cc(N(c3cc(-c4ccccc4)c4ccccc4c3)c3ccccc3-c3ccccc3)ccc2-c2ccc3c(ccc4oc5ccccc5c43)c2)cc1. The molecular formula is C56H37NO. The highest BCUT2D eigenvalue weighted by atomic mass is 16.3. The fourth-order valence-corrected chi connectivity index (χ4v) is 8.74. The van der Waals surface area contributed by atoms with Crippen LogP contribution in [0.4, 0.5) is 17.1 Å². The largest absolute Gasteiger partial charge is 0.456 e. The van der Waals surface area contributed by atoms with Crippen LogP contribution >= 0.6 is 0 Å². The number of anilines is 3. The van der Waals surface area contributed by atoms with Crippen molar-refractivity contribution in [1.29, 1.82) is 0 Å². The maximum absolute atomic E-state index is 6.25. The molecule has 0 aliphatic rings. The average Bonchev–Trinajstić information content (AvgIpc) is 3.69. The summed E-state index contributed by atoms with van der Waals surface area (Å²) in [6.45, 7) is 0. The predicted octanol–water partition coefficient (Wildman–Crippen LogP) is 16.0. The van der Waals surface area contributed by atoms with Crippen LogP contribution in [-0.4, -0.2) is 0 Å². The summed E-state index contributed by atoms with van der Waals surface area (Å²) in [7, 11) is 0. The van der Waals surface area contributed by atoms with E-state index in [2.05, 4.69) is 217 Å². The van der Waals surface area contributed by atoms with Crippen molar-refractivity contribution in [2.24, 2.45) is 0 Å². The van der Waals surface area contributed by atoms with Gasteiger partial charge in [-0.05, 0) is 109 Å². The van der Waals surface area contributed by atoms with E-state index in [0.717, 1.165) is 50.1 Å². The van der Waals surface area contributed by atoms with Gasteiger partial charge < -0.3 is 9.32 Å². The highest BCUT2D eigenvalue weighted by molar-refractivity contribution is 6.19. The molecule has 0 spiro atoms. The third-order valence-electron chi connectivity index (χ3n) is 11.4. The molecule has 0 fully saturated rings. The molecule has 1 aromatic heterocycles. The molecule has 0 amide bonds. The maximum atomic E-state index is 6.25. The van der Waals surface area contributed by atoms with Crippen LogP contribution in [0.15, 0.2) is 229 Å². The summed E-state index contributed by atoms with van der Waals surface area (Å²) < 4.78 is 6.25. The minimum atomic E-state index is 0.913. The Morgan fingerprint density at radius 2 is 0.897 bits per heavy atom. The molecule has 0 unspecified atom stereocenters. The zero-order chi connectivity index (χ0) is 38.4. The highest BCUT2D eigenvalue weighted by Gasteiger charge is 2.21. The summed E-state index contributed by atoms with van der Waals surface area (Å²) in [5.74, 6) is 0. The van der Waals surface area contributed by atoms with Crippen LogP contribution in [0.25, 0.3) is 88.0 Å². The molecule has 0 aliphatic carbocycles. The summed E-state index contributed by atoms with van der Waals surface area (Å²) in [6.07, 6.45) is 0. The molecule has 11 rings (SSSR count). The molecule has 0 saturated heterocycles. The van der Waals surface area contributed by atoms with Crippen molar-refractivity contribution >= 4 is 60.5 Å². The molecule has 0 atom stereocenters. The quantitative estimate of drug-likeness (QED) is 0.162. The van der Waals surface area contributed by atoms with Crippen LogP contribution in [0, 0.1) is 0 Å². The third kappa shape index (κ3) is 5.82. The number of hydrogen-bond acceptors (Lipinski definition) is 2. The van der Waals surface area contributed by atoms with Gasteiger partial charge in [0.25, 0.3) is 0 Å². The van der Waals surface area contributed by atoms with Crippen LogP contribution in [0.5, 0.6) is 0 Å². The van der Waals surface area contributed by atoms with E-state index in [1.54, 1.807) is 0 Å². The predicted molar refractivity (Wildman–Crippen MR) is 245 cm³/mol. The third-order valence-corrected chi connectivity index (χ3v) is 11.4. The second-order valence-electron chi connectivity index (χ2n) is 14.9. The lowest BCUT2D eigenvalue weighted by atomic mass is 9.91. The number of hydrogen-bond donors (Lipinski definition) is 0. The summed E-state index contributed by atoms with van der Waals surface area (Å²) in [6, 6.07) is 80.9. The first-order valence-electron chi connectivity index (χ1n) is 19.8. The van der Waals surface area contributed by atoms with Gasteiger partial charge in [-0.15, -0.1) is 0 Å².